The monoisotopic (exact) mass is 440 g/mol. The number of hydrogen-bond acceptors (Lipinski definition) is 4. The SMILES string of the molecule is CN1CC(c2ccc(F)cc2)C(C(=O)c2cccs2)C12C(=O)Nc1ccc(Cl)cc12. The molecule has 2 aliphatic rings. The largest absolute Gasteiger partial charge is 0.324 e. The van der Waals surface area contributed by atoms with Crippen molar-refractivity contribution in [3.63, 3.8) is 0 Å². The van der Waals surface area contributed by atoms with E-state index in [4.69, 9.17) is 11.6 Å². The van der Waals surface area contributed by atoms with Crippen LogP contribution in [0.5, 0.6) is 0 Å². The Morgan fingerprint density at radius 3 is 2.70 bits per heavy atom. The van der Waals surface area contributed by atoms with Gasteiger partial charge in [-0.3, -0.25) is 14.5 Å². The van der Waals surface area contributed by atoms with E-state index in [1.807, 2.05) is 23.4 Å². The normalized spacial score (nSPS) is 25.5. The number of likely N-dealkylation sites (tertiary alicyclic amines) is 1. The minimum atomic E-state index is -1.18. The molecule has 2 aromatic carbocycles. The second kappa shape index (κ2) is 7.01. The number of thiophene rings is 1. The molecule has 1 aromatic heterocycles. The number of Topliss-reactive ketones (excluding diaryl/α,β-unsaturated/α-hetero) is 1. The van der Waals surface area contributed by atoms with Crippen molar-refractivity contribution in [1.29, 1.82) is 0 Å². The molecule has 30 heavy (non-hydrogen) atoms. The van der Waals surface area contributed by atoms with Gasteiger partial charge in [-0.2, -0.15) is 0 Å². The molecule has 1 saturated heterocycles. The fourth-order valence-electron chi connectivity index (χ4n) is 4.99. The molecule has 7 heteroatoms. The van der Waals surface area contributed by atoms with Crippen LogP contribution in [0.25, 0.3) is 0 Å². The first-order valence-electron chi connectivity index (χ1n) is 9.59. The summed E-state index contributed by atoms with van der Waals surface area (Å²) in [4.78, 5) is 29.8. The van der Waals surface area contributed by atoms with Gasteiger partial charge < -0.3 is 5.32 Å². The molecular formula is C23H18ClFN2O2S. The first-order chi connectivity index (χ1) is 14.4. The van der Waals surface area contributed by atoms with Gasteiger partial charge in [0.05, 0.1) is 10.8 Å². The number of likely N-dealkylation sites (N-methyl/N-ethyl adjacent to an activating group) is 1. The maximum atomic E-state index is 13.8. The zero-order valence-corrected chi connectivity index (χ0v) is 17.6. The molecule has 5 rings (SSSR count). The Morgan fingerprint density at radius 1 is 1.23 bits per heavy atom. The number of carbonyl (C=O) groups is 2. The number of ketones is 1. The van der Waals surface area contributed by atoms with Crippen LogP contribution in [-0.4, -0.2) is 30.2 Å². The van der Waals surface area contributed by atoms with Crippen LogP contribution in [0.2, 0.25) is 5.02 Å². The van der Waals surface area contributed by atoms with Crippen molar-refractivity contribution in [3.8, 4) is 0 Å². The fourth-order valence-corrected chi connectivity index (χ4v) is 5.87. The molecule has 0 radical (unpaired) electrons. The van der Waals surface area contributed by atoms with Crippen LogP contribution in [0.15, 0.2) is 60.0 Å². The van der Waals surface area contributed by atoms with Crippen LogP contribution in [0.3, 0.4) is 0 Å². The first-order valence-corrected chi connectivity index (χ1v) is 10.8. The summed E-state index contributed by atoms with van der Waals surface area (Å²) in [6, 6.07) is 15.1. The lowest BCUT2D eigenvalue weighted by atomic mass is 9.71. The van der Waals surface area contributed by atoms with Crippen molar-refractivity contribution in [2.24, 2.45) is 5.92 Å². The lowest BCUT2D eigenvalue weighted by Crippen LogP contribution is -2.51. The zero-order valence-electron chi connectivity index (χ0n) is 16.1. The van der Waals surface area contributed by atoms with Crippen LogP contribution < -0.4 is 5.32 Å². The average Bonchev–Trinajstić information content (AvgIpc) is 3.42. The van der Waals surface area contributed by atoms with Crippen molar-refractivity contribution < 1.29 is 14.0 Å². The van der Waals surface area contributed by atoms with Crippen molar-refractivity contribution >= 4 is 40.3 Å². The molecule has 1 fully saturated rings. The van der Waals surface area contributed by atoms with E-state index in [9.17, 15) is 14.0 Å². The number of halogens is 2. The van der Waals surface area contributed by atoms with Crippen LogP contribution in [0.4, 0.5) is 10.1 Å². The molecule has 3 aromatic rings. The highest BCUT2D eigenvalue weighted by Crippen LogP contribution is 2.56. The van der Waals surface area contributed by atoms with E-state index in [0.717, 1.165) is 5.56 Å². The summed E-state index contributed by atoms with van der Waals surface area (Å²) in [5.74, 6) is -1.61. The van der Waals surface area contributed by atoms with Crippen LogP contribution in [0, 0.1) is 11.7 Å². The van der Waals surface area contributed by atoms with Gasteiger partial charge in [-0.05, 0) is 54.4 Å². The molecule has 0 aliphatic carbocycles. The third-order valence-corrected chi connectivity index (χ3v) is 7.38. The number of hydrogen-bond donors (Lipinski definition) is 1. The molecule has 2 aliphatic heterocycles. The molecule has 1 N–H and O–H groups in total. The minimum absolute atomic E-state index is 0.0911. The van der Waals surface area contributed by atoms with E-state index in [1.165, 1.54) is 23.5 Å². The average molecular weight is 441 g/mol. The number of carbonyl (C=O) groups excluding carboxylic acids is 2. The number of amides is 1. The van der Waals surface area contributed by atoms with Gasteiger partial charge in [-0.1, -0.05) is 29.8 Å². The topological polar surface area (TPSA) is 49.4 Å². The Bertz CT molecular complexity index is 1150. The predicted octanol–water partition coefficient (Wildman–Crippen LogP) is 4.92. The van der Waals surface area contributed by atoms with Gasteiger partial charge in [0, 0.05) is 28.7 Å². The molecule has 1 spiro atoms. The van der Waals surface area contributed by atoms with Gasteiger partial charge in [-0.15, -0.1) is 11.3 Å². The number of rotatable bonds is 3. The highest BCUT2D eigenvalue weighted by Gasteiger charge is 2.64. The Kier molecular flexibility index (Phi) is 4.54. The third-order valence-electron chi connectivity index (χ3n) is 6.26. The fraction of sp³-hybridized carbons (Fsp3) is 0.217. The zero-order chi connectivity index (χ0) is 21.0. The van der Waals surface area contributed by atoms with Gasteiger partial charge in [0.2, 0.25) is 5.91 Å². The number of nitrogens with zero attached hydrogens (tertiary/aromatic N) is 1. The van der Waals surface area contributed by atoms with Gasteiger partial charge in [-0.25, -0.2) is 4.39 Å². The highest BCUT2D eigenvalue weighted by molar-refractivity contribution is 7.12. The summed E-state index contributed by atoms with van der Waals surface area (Å²) in [5, 5.41) is 5.31. The van der Waals surface area contributed by atoms with Gasteiger partial charge in [0.15, 0.2) is 5.78 Å². The number of benzene rings is 2. The Morgan fingerprint density at radius 2 is 2.00 bits per heavy atom. The quantitative estimate of drug-likeness (QED) is 0.588. The molecule has 0 saturated carbocycles. The van der Waals surface area contributed by atoms with Gasteiger partial charge in [0.1, 0.15) is 11.4 Å². The number of fused-ring (bicyclic) bond motifs is 2. The molecule has 4 nitrogen and oxygen atoms in total. The van der Waals surface area contributed by atoms with E-state index in [0.29, 0.717) is 27.7 Å². The maximum Gasteiger partial charge on any atom is 0.250 e. The molecular weight excluding hydrogens is 423 g/mol. The lowest BCUT2D eigenvalue weighted by molar-refractivity contribution is -0.126. The van der Waals surface area contributed by atoms with E-state index in [2.05, 4.69) is 5.32 Å². The summed E-state index contributed by atoms with van der Waals surface area (Å²) in [5.41, 5.74) is 1.03. The van der Waals surface area contributed by atoms with Crippen molar-refractivity contribution in [1.82, 2.24) is 4.90 Å². The minimum Gasteiger partial charge on any atom is -0.324 e. The molecule has 1 amide bonds. The number of nitrogens with one attached hydrogen (secondary N) is 1. The molecule has 3 heterocycles. The van der Waals surface area contributed by atoms with Crippen molar-refractivity contribution in [2.75, 3.05) is 18.9 Å². The first kappa shape index (κ1) is 19.4. The van der Waals surface area contributed by atoms with Crippen molar-refractivity contribution in [3.05, 3.63) is 86.8 Å². The molecule has 0 bridgehead atoms. The summed E-state index contributed by atoms with van der Waals surface area (Å²) < 4.78 is 13.6. The van der Waals surface area contributed by atoms with Gasteiger partial charge >= 0.3 is 0 Å². The lowest BCUT2D eigenvalue weighted by Gasteiger charge is -2.35. The molecule has 3 unspecified atom stereocenters. The van der Waals surface area contributed by atoms with E-state index >= 15 is 0 Å². The van der Waals surface area contributed by atoms with E-state index in [-0.39, 0.29) is 23.4 Å². The van der Waals surface area contributed by atoms with Crippen LogP contribution in [0.1, 0.15) is 26.7 Å². The van der Waals surface area contributed by atoms with E-state index < -0.39 is 11.5 Å². The standard InChI is InChI=1S/C23H18ClFN2O2S/c1-27-12-16(13-4-7-15(25)8-5-13)20(21(28)19-3-2-10-30-19)23(27)17-11-14(24)6-9-18(17)26-22(23)29/h2-11,16,20H,12H2,1H3,(H,26,29). The maximum absolute atomic E-state index is 13.8. The predicted molar refractivity (Wildman–Crippen MR) is 116 cm³/mol. The molecule has 3 atom stereocenters. The second-order valence-electron chi connectivity index (χ2n) is 7.77. The summed E-state index contributed by atoms with van der Waals surface area (Å²) in [6.45, 7) is 0.479. The van der Waals surface area contributed by atoms with Crippen LogP contribution >= 0.6 is 22.9 Å². The van der Waals surface area contributed by atoms with Crippen LogP contribution in [-0.2, 0) is 10.3 Å². The Labute approximate surface area is 182 Å². The second-order valence-corrected chi connectivity index (χ2v) is 9.15. The Balaban J connectivity index is 1.74. The molecule has 152 valence electrons. The third kappa shape index (κ3) is 2.68. The summed E-state index contributed by atoms with van der Waals surface area (Å²) in [7, 11) is 1.85. The van der Waals surface area contributed by atoms with E-state index in [1.54, 1.807) is 36.4 Å². The van der Waals surface area contributed by atoms with Crippen molar-refractivity contribution in [2.45, 2.75) is 11.5 Å². The summed E-state index contributed by atoms with van der Waals surface area (Å²) >= 11 is 7.66. The number of anilines is 1. The highest BCUT2D eigenvalue weighted by atomic mass is 35.5. The smallest absolute Gasteiger partial charge is 0.250 e. The Hall–Kier alpha value is -2.54. The van der Waals surface area contributed by atoms with Gasteiger partial charge in [0.25, 0.3) is 0 Å². The summed E-state index contributed by atoms with van der Waals surface area (Å²) in [6.07, 6.45) is 0.